The van der Waals surface area contributed by atoms with Crippen LogP contribution in [0.1, 0.15) is 37.3 Å². The Labute approximate surface area is 186 Å². The molecule has 0 unspecified atom stereocenters. The van der Waals surface area contributed by atoms with Gasteiger partial charge in [0, 0.05) is 30.9 Å². The first kappa shape index (κ1) is 21.1. The first-order chi connectivity index (χ1) is 14.2. The molecule has 0 aliphatic carbocycles. The third kappa shape index (κ3) is 4.30. The Kier molecular flexibility index (Phi) is 5.72. The molecule has 4 rings (SSSR count). The van der Waals surface area contributed by atoms with Crippen LogP contribution < -0.4 is 10.2 Å². The number of thioether (sulfide) groups is 1. The van der Waals surface area contributed by atoms with Gasteiger partial charge in [0.15, 0.2) is 0 Å². The second-order valence-electron chi connectivity index (χ2n) is 8.55. The third-order valence-electron chi connectivity index (χ3n) is 5.01. The van der Waals surface area contributed by atoms with Crippen molar-refractivity contribution in [2.24, 2.45) is 0 Å². The summed E-state index contributed by atoms with van der Waals surface area (Å²) < 4.78 is 5.71. The van der Waals surface area contributed by atoms with Gasteiger partial charge in [-0.05, 0) is 38.5 Å². The highest BCUT2D eigenvalue weighted by Crippen LogP contribution is 2.48. The predicted molar refractivity (Wildman–Crippen MR) is 121 cm³/mol. The van der Waals surface area contributed by atoms with Crippen molar-refractivity contribution in [2.75, 3.05) is 29.6 Å². The standard InChI is InChI=1S/C21H26ClN5O2S/c1-21(2,3)29-20(28)27-15-9-23-17-16(19(27)30-11-15)18(25-12-24-17)26(4)10-13-5-7-14(22)8-6-13/h5-8,12,15,19H,9-11H2,1-4H3,(H,23,24,25)/t15-,19-/m0/s1. The largest absolute Gasteiger partial charge is 0.444 e. The van der Waals surface area contributed by atoms with Gasteiger partial charge in [-0.1, -0.05) is 23.7 Å². The molecule has 0 spiro atoms. The normalized spacial score (nSPS) is 20.2. The van der Waals surface area contributed by atoms with Crippen molar-refractivity contribution in [3.8, 4) is 0 Å². The number of rotatable bonds is 3. The SMILES string of the molecule is CN(Cc1ccc(Cl)cc1)c1ncnc2c1[C@@H]1SC[C@H](CN2)N1C(=O)OC(C)(C)C. The van der Waals surface area contributed by atoms with Gasteiger partial charge in [-0.25, -0.2) is 14.8 Å². The smallest absolute Gasteiger partial charge is 0.411 e. The van der Waals surface area contributed by atoms with E-state index in [9.17, 15) is 4.79 Å². The first-order valence-electron chi connectivity index (χ1n) is 9.90. The van der Waals surface area contributed by atoms with E-state index in [1.165, 1.54) is 0 Å². The molecule has 7 nitrogen and oxygen atoms in total. The highest BCUT2D eigenvalue weighted by atomic mass is 35.5. The minimum absolute atomic E-state index is 0.0403. The Morgan fingerprint density at radius 2 is 2.07 bits per heavy atom. The number of anilines is 2. The second-order valence-corrected chi connectivity index (χ2v) is 10.1. The summed E-state index contributed by atoms with van der Waals surface area (Å²) in [7, 11) is 2.00. The van der Waals surface area contributed by atoms with Crippen LogP contribution in [0.4, 0.5) is 16.4 Å². The Bertz CT molecular complexity index is 934. The molecule has 1 aromatic carbocycles. The van der Waals surface area contributed by atoms with Gasteiger partial charge in [0.05, 0.1) is 11.6 Å². The van der Waals surface area contributed by atoms with E-state index in [1.807, 2.05) is 57.0 Å². The van der Waals surface area contributed by atoms with Crippen LogP contribution in [-0.4, -0.2) is 51.9 Å². The first-order valence-corrected chi connectivity index (χ1v) is 11.3. The summed E-state index contributed by atoms with van der Waals surface area (Å²) in [5.41, 5.74) is 1.49. The minimum atomic E-state index is -0.550. The van der Waals surface area contributed by atoms with E-state index in [4.69, 9.17) is 16.3 Å². The number of carbonyl (C=O) groups excluding carboxylic acids is 1. The zero-order valence-corrected chi connectivity index (χ0v) is 19.1. The molecule has 1 fully saturated rings. The van der Waals surface area contributed by atoms with Crippen molar-refractivity contribution in [2.45, 2.75) is 44.3 Å². The molecular formula is C21H26ClN5O2S. The molecule has 0 radical (unpaired) electrons. The van der Waals surface area contributed by atoms with Crippen molar-refractivity contribution in [1.29, 1.82) is 0 Å². The number of halogens is 1. The molecule has 2 aromatic rings. The molecule has 1 saturated heterocycles. The van der Waals surface area contributed by atoms with Gasteiger partial charge in [0.1, 0.15) is 28.9 Å². The van der Waals surface area contributed by atoms with Crippen molar-refractivity contribution < 1.29 is 9.53 Å². The Balaban J connectivity index is 1.67. The highest BCUT2D eigenvalue weighted by Gasteiger charge is 2.45. The van der Waals surface area contributed by atoms with E-state index in [2.05, 4.69) is 20.2 Å². The van der Waals surface area contributed by atoms with Gasteiger partial charge in [-0.3, -0.25) is 4.90 Å². The number of nitrogens with zero attached hydrogens (tertiary/aromatic N) is 4. The van der Waals surface area contributed by atoms with Crippen molar-refractivity contribution in [3.63, 3.8) is 0 Å². The number of fused-ring (bicyclic) bond motifs is 4. The molecule has 0 saturated carbocycles. The number of ether oxygens (including phenoxy) is 1. The summed E-state index contributed by atoms with van der Waals surface area (Å²) in [5, 5.41) is 3.93. The molecular weight excluding hydrogens is 422 g/mol. The molecule has 1 N–H and O–H groups in total. The number of nitrogens with one attached hydrogen (secondary N) is 1. The molecule has 1 aromatic heterocycles. The zero-order chi connectivity index (χ0) is 21.5. The molecule has 160 valence electrons. The van der Waals surface area contributed by atoms with E-state index in [0.717, 1.165) is 28.5 Å². The summed E-state index contributed by atoms with van der Waals surface area (Å²) in [6.07, 6.45) is 1.27. The number of amides is 1. The van der Waals surface area contributed by atoms with Crippen molar-refractivity contribution in [1.82, 2.24) is 14.9 Å². The molecule has 30 heavy (non-hydrogen) atoms. The Morgan fingerprint density at radius 1 is 1.33 bits per heavy atom. The number of aromatic nitrogens is 2. The van der Waals surface area contributed by atoms with Gasteiger partial charge >= 0.3 is 6.09 Å². The summed E-state index contributed by atoms with van der Waals surface area (Å²) in [6.45, 7) is 6.95. The lowest BCUT2D eigenvalue weighted by Gasteiger charge is -2.31. The van der Waals surface area contributed by atoms with Gasteiger partial charge in [-0.2, -0.15) is 0 Å². The second kappa shape index (κ2) is 8.15. The highest BCUT2D eigenvalue weighted by molar-refractivity contribution is 7.99. The van der Waals surface area contributed by atoms with Gasteiger partial charge in [-0.15, -0.1) is 11.8 Å². The molecule has 1 amide bonds. The Hall–Kier alpha value is -2.19. The number of hydrogen-bond acceptors (Lipinski definition) is 7. The lowest BCUT2D eigenvalue weighted by Crippen LogP contribution is -2.43. The van der Waals surface area contributed by atoms with E-state index in [0.29, 0.717) is 18.1 Å². The molecule has 2 aliphatic heterocycles. The van der Waals surface area contributed by atoms with Crippen LogP contribution in [0.2, 0.25) is 5.02 Å². The van der Waals surface area contributed by atoms with Gasteiger partial charge < -0.3 is 15.0 Å². The van der Waals surface area contributed by atoms with Crippen molar-refractivity contribution in [3.05, 3.63) is 46.7 Å². The molecule has 2 bridgehead atoms. The quantitative estimate of drug-likeness (QED) is 0.740. The predicted octanol–water partition coefficient (Wildman–Crippen LogP) is 4.54. The third-order valence-corrected chi connectivity index (χ3v) is 6.61. The maximum absolute atomic E-state index is 13.0. The maximum Gasteiger partial charge on any atom is 0.411 e. The average Bonchev–Trinajstić information content (AvgIpc) is 3.01. The van der Waals surface area contributed by atoms with Crippen LogP contribution in [0.3, 0.4) is 0 Å². The molecule has 9 heteroatoms. The number of carbonyl (C=O) groups is 1. The van der Waals surface area contributed by atoms with Crippen LogP contribution in [0, 0.1) is 0 Å². The van der Waals surface area contributed by atoms with E-state index >= 15 is 0 Å². The lowest BCUT2D eigenvalue weighted by atomic mass is 10.2. The van der Waals surface area contributed by atoms with Crippen LogP contribution in [0.5, 0.6) is 0 Å². The molecule has 2 aliphatic rings. The fourth-order valence-corrected chi connectivity index (χ4v) is 5.32. The summed E-state index contributed by atoms with van der Waals surface area (Å²) in [4.78, 5) is 26.0. The fourth-order valence-electron chi connectivity index (χ4n) is 3.71. The zero-order valence-electron chi connectivity index (χ0n) is 17.6. The monoisotopic (exact) mass is 447 g/mol. The van der Waals surface area contributed by atoms with E-state index < -0.39 is 5.60 Å². The van der Waals surface area contributed by atoms with Gasteiger partial charge in [0.25, 0.3) is 0 Å². The lowest BCUT2D eigenvalue weighted by molar-refractivity contribution is 0.0188. The molecule has 2 atom stereocenters. The minimum Gasteiger partial charge on any atom is -0.444 e. The van der Waals surface area contributed by atoms with Gasteiger partial charge in [0.2, 0.25) is 0 Å². The summed E-state index contributed by atoms with van der Waals surface area (Å²) in [5.74, 6) is 2.42. The summed E-state index contributed by atoms with van der Waals surface area (Å²) >= 11 is 7.75. The number of benzene rings is 1. The van der Waals surface area contributed by atoms with Crippen LogP contribution in [-0.2, 0) is 11.3 Å². The fraction of sp³-hybridized carbons (Fsp3) is 0.476. The maximum atomic E-state index is 13.0. The number of hydrogen-bond donors (Lipinski definition) is 1. The van der Waals surface area contributed by atoms with Crippen molar-refractivity contribution >= 4 is 41.1 Å². The Morgan fingerprint density at radius 3 is 2.77 bits per heavy atom. The van der Waals surface area contributed by atoms with E-state index in [1.54, 1.807) is 18.1 Å². The average molecular weight is 448 g/mol. The van der Waals surface area contributed by atoms with Crippen LogP contribution in [0.15, 0.2) is 30.6 Å². The van der Waals surface area contributed by atoms with E-state index in [-0.39, 0.29) is 17.5 Å². The van der Waals surface area contributed by atoms with Crippen LogP contribution in [0.25, 0.3) is 0 Å². The van der Waals surface area contributed by atoms with Crippen LogP contribution >= 0.6 is 23.4 Å². The topological polar surface area (TPSA) is 70.6 Å². The summed E-state index contributed by atoms with van der Waals surface area (Å²) in [6, 6.07) is 7.82. The molecule has 3 heterocycles.